The Morgan fingerprint density at radius 2 is 2.03 bits per heavy atom. The number of nitrogens with zero attached hydrogens (tertiary/aromatic N) is 3. The quantitative estimate of drug-likeness (QED) is 0.540. The van der Waals surface area contributed by atoms with Gasteiger partial charge in [0.1, 0.15) is 16.6 Å². The number of carbonyl (C=O) groups excluding carboxylic acids is 1. The maximum atomic E-state index is 12.6. The van der Waals surface area contributed by atoms with Crippen molar-refractivity contribution in [2.75, 3.05) is 25.0 Å². The van der Waals surface area contributed by atoms with Gasteiger partial charge in [0.25, 0.3) is 0 Å². The Hall–Kier alpha value is -2.69. The molecule has 5 rings (SSSR count). The summed E-state index contributed by atoms with van der Waals surface area (Å²) in [6, 6.07) is 10.2. The zero-order valence-corrected chi connectivity index (χ0v) is 19.0. The van der Waals surface area contributed by atoms with Crippen LogP contribution in [0, 0.1) is 11.3 Å². The lowest BCUT2D eigenvalue weighted by Crippen LogP contribution is -2.35. The van der Waals surface area contributed by atoms with Crippen LogP contribution in [0.2, 0.25) is 0 Å². The molecule has 1 aliphatic carbocycles. The first-order valence-corrected chi connectivity index (χ1v) is 12.4. The van der Waals surface area contributed by atoms with E-state index in [2.05, 4.69) is 21.3 Å². The molecule has 6 nitrogen and oxygen atoms in total. The molecule has 0 unspecified atom stereocenters. The van der Waals surface area contributed by atoms with E-state index in [0.717, 1.165) is 73.7 Å². The Labute approximate surface area is 192 Å². The number of oxazole rings is 1. The number of para-hydroxylation sites is 2. The molecule has 1 N–H and O–H groups in total. The maximum absolute atomic E-state index is 12.6. The highest BCUT2D eigenvalue weighted by Crippen LogP contribution is 2.37. The second-order valence-electron chi connectivity index (χ2n) is 8.81. The number of aryl methyl sites for hydroxylation is 1. The van der Waals surface area contributed by atoms with E-state index in [1.54, 1.807) is 11.3 Å². The van der Waals surface area contributed by atoms with Gasteiger partial charge in [0.15, 0.2) is 11.5 Å². The van der Waals surface area contributed by atoms with Gasteiger partial charge < -0.3 is 14.6 Å². The summed E-state index contributed by atoms with van der Waals surface area (Å²) in [7, 11) is 0. The molecular formula is C25H28N4O2S. The predicted molar refractivity (Wildman–Crippen MR) is 126 cm³/mol. The number of carbonyl (C=O) groups is 1. The molecule has 0 radical (unpaired) electrons. The SMILES string of the molecule is N#Cc1c(NC(=O)CCN2CCC(c3nc4ccccc4o3)CC2)sc2c1CCCCC2. The molecule has 2 aromatic heterocycles. The molecule has 1 amide bonds. The minimum Gasteiger partial charge on any atom is -0.440 e. The van der Waals surface area contributed by atoms with Gasteiger partial charge in [-0.15, -0.1) is 11.3 Å². The number of hydrogen-bond donors (Lipinski definition) is 1. The fourth-order valence-electron chi connectivity index (χ4n) is 4.87. The number of nitriles is 1. The Balaban J connectivity index is 1.13. The number of rotatable bonds is 5. The van der Waals surface area contributed by atoms with Gasteiger partial charge in [-0.3, -0.25) is 4.79 Å². The average molecular weight is 449 g/mol. The standard InChI is InChI=1S/C25H28N4O2S/c26-16-19-18-6-2-1-3-9-22(18)32-25(19)28-23(30)12-15-29-13-10-17(11-14-29)24-27-20-7-4-5-8-21(20)31-24/h4-5,7-8,17H,1-3,6,9-15H2,(H,28,30). The van der Waals surface area contributed by atoms with Crippen LogP contribution in [0.15, 0.2) is 28.7 Å². The topological polar surface area (TPSA) is 82.2 Å². The van der Waals surface area contributed by atoms with Crippen molar-refractivity contribution in [2.24, 2.45) is 0 Å². The van der Waals surface area contributed by atoms with Crippen molar-refractivity contribution in [3.8, 4) is 6.07 Å². The summed E-state index contributed by atoms with van der Waals surface area (Å²) >= 11 is 1.60. The van der Waals surface area contributed by atoms with Gasteiger partial charge >= 0.3 is 0 Å². The van der Waals surface area contributed by atoms with Gasteiger partial charge in [0, 0.05) is 23.8 Å². The van der Waals surface area contributed by atoms with E-state index >= 15 is 0 Å². The molecule has 2 aliphatic rings. The molecule has 1 fully saturated rings. The zero-order valence-electron chi connectivity index (χ0n) is 18.2. The first-order valence-electron chi connectivity index (χ1n) is 11.6. The molecule has 0 spiro atoms. The van der Waals surface area contributed by atoms with Crippen LogP contribution in [0.3, 0.4) is 0 Å². The summed E-state index contributed by atoms with van der Waals surface area (Å²) in [5, 5.41) is 13.4. The molecule has 1 saturated heterocycles. The summed E-state index contributed by atoms with van der Waals surface area (Å²) in [6.07, 6.45) is 7.93. The number of aromatic nitrogens is 1. The van der Waals surface area contributed by atoms with E-state index in [4.69, 9.17) is 4.42 Å². The molecule has 0 saturated carbocycles. The highest BCUT2D eigenvalue weighted by atomic mass is 32.1. The van der Waals surface area contributed by atoms with Gasteiger partial charge in [-0.05, 0) is 69.3 Å². The second kappa shape index (κ2) is 9.43. The van der Waals surface area contributed by atoms with E-state index in [1.165, 1.54) is 23.3 Å². The smallest absolute Gasteiger partial charge is 0.226 e. The van der Waals surface area contributed by atoms with Gasteiger partial charge in [0.2, 0.25) is 5.91 Å². The number of amides is 1. The molecule has 1 aliphatic heterocycles. The number of thiophene rings is 1. The van der Waals surface area contributed by atoms with E-state index < -0.39 is 0 Å². The maximum Gasteiger partial charge on any atom is 0.226 e. The third-order valence-corrected chi connectivity index (χ3v) is 7.90. The van der Waals surface area contributed by atoms with Crippen LogP contribution in [0.1, 0.15) is 66.3 Å². The molecule has 3 heterocycles. The fourth-order valence-corrected chi connectivity index (χ4v) is 6.12. The first kappa shape index (κ1) is 21.2. The van der Waals surface area contributed by atoms with Crippen LogP contribution in [0.25, 0.3) is 11.1 Å². The zero-order chi connectivity index (χ0) is 21.9. The molecule has 0 bridgehead atoms. The number of fused-ring (bicyclic) bond motifs is 2. The molecule has 1 aromatic carbocycles. The highest BCUT2D eigenvalue weighted by molar-refractivity contribution is 7.16. The van der Waals surface area contributed by atoms with Crippen molar-refractivity contribution >= 4 is 33.3 Å². The van der Waals surface area contributed by atoms with E-state index in [-0.39, 0.29) is 5.91 Å². The summed E-state index contributed by atoms with van der Waals surface area (Å²) < 4.78 is 5.95. The molecule has 32 heavy (non-hydrogen) atoms. The largest absolute Gasteiger partial charge is 0.440 e. The number of anilines is 1. The first-order chi connectivity index (χ1) is 15.7. The van der Waals surface area contributed by atoms with Crippen molar-refractivity contribution in [3.63, 3.8) is 0 Å². The Bertz CT molecular complexity index is 1120. The minimum atomic E-state index is -0.000941. The minimum absolute atomic E-state index is 0.000941. The summed E-state index contributed by atoms with van der Waals surface area (Å²) in [6.45, 7) is 2.61. The van der Waals surface area contributed by atoms with Crippen molar-refractivity contribution in [2.45, 2.75) is 57.3 Å². The predicted octanol–water partition coefficient (Wildman–Crippen LogP) is 5.24. The van der Waals surface area contributed by atoms with Gasteiger partial charge in [0.05, 0.1) is 5.56 Å². The monoisotopic (exact) mass is 448 g/mol. The average Bonchev–Trinajstić information content (AvgIpc) is 3.31. The summed E-state index contributed by atoms with van der Waals surface area (Å²) in [5.74, 6) is 1.18. The lowest BCUT2D eigenvalue weighted by Gasteiger charge is -2.30. The number of piperidine rings is 1. The van der Waals surface area contributed by atoms with Crippen LogP contribution in [0.4, 0.5) is 5.00 Å². The van der Waals surface area contributed by atoms with Crippen LogP contribution >= 0.6 is 11.3 Å². The van der Waals surface area contributed by atoms with Gasteiger partial charge in [-0.2, -0.15) is 5.26 Å². The van der Waals surface area contributed by atoms with Crippen molar-refractivity contribution < 1.29 is 9.21 Å². The van der Waals surface area contributed by atoms with E-state index in [1.807, 2.05) is 24.3 Å². The highest BCUT2D eigenvalue weighted by Gasteiger charge is 2.25. The molecule has 3 aromatic rings. The number of likely N-dealkylation sites (tertiary alicyclic amines) is 1. The lowest BCUT2D eigenvalue weighted by molar-refractivity contribution is -0.116. The van der Waals surface area contributed by atoms with Crippen LogP contribution in [0.5, 0.6) is 0 Å². The Kier molecular flexibility index (Phi) is 6.24. The lowest BCUT2D eigenvalue weighted by atomic mass is 9.96. The van der Waals surface area contributed by atoms with Crippen molar-refractivity contribution in [1.82, 2.24) is 9.88 Å². The molecule has 0 atom stereocenters. The normalized spacial score (nSPS) is 17.6. The van der Waals surface area contributed by atoms with Crippen LogP contribution < -0.4 is 5.32 Å². The van der Waals surface area contributed by atoms with Crippen LogP contribution in [-0.4, -0.2) is 35.4 Å². The van der Waals surface area contributed by atoms with Crippen molar-refractivity contribution in [1.29, 1.82) is 5.26 Å². The Morgan fingerprint density at radius 3 is 2.84 bits per heavy atom. The van der Waals surface area contributed by atoms with Gasteiger partial charge in [-0.25, -0.2) is 4.98 Å². The number of hydrogen-bond acceptors (Lipinski definition) is 6. The molecular weight excluding hydrogens is 420 g/mol. The van der Waals surface area contributed by atoms with Crippen LogP contribution in [-0.2, 0) is 17.6 Å². The third kappa shape index (κ3) is 4.43. The summed E-state index contributed by atoms with van der Waals surface area (Å²) in [4.78, 5) is 20.9. The van der Waals surface area contributed by atoms with E-state index in [0.29, 0.717) is 17.9 Å². The number of benzene rings is 1. The Morgan fingerprint density at radius 1 is 1.22 bits per heavy atom. The fraction of sp³-hybridized carbons (Fsp3) is 0.480. The second-order valence-corrected chi connectivity index (χ2v) is 9.92. The summed E-state index contributed by atoms with van der Waals surface area (Å²) in [5.41, 5.74) is 3.64. The molecule has 166 valence electrons. The third-order valence-electron chi connectivity index (χ3n) is 6.69. The van der Waals surface area contributed by atoms with E-state index in [9.17, 15) is 10.1 Å². The van der Waals surface area contributed by atoms with Crippen molar-refractivity contribution in [3.05, 3.63) is 46.2 Å². The number of nitrogens with one attached hydrogen (secondary N) is 1. The molecule has 7 heteroatoms. The van der Waals surface area contributed by atoms with Gasteiger partial charge in [-0.1, -0.05) is 18.6 Å².